The average molecular weight is 483 g/mol. The zero-order chi connectivity index (χ0) is 25.2. The third-order valence-corrected chi connectivity index (χ3v) is 6.44. The fourth-order valence-corrected chi connectivity index (χ4v) is 4.87. The zero-order valence-corrected chi connectivity index (χ0v) is 21.0. The summed E-state index contributed by atoms with van der Waals surface area (Å²) in [6.07, 6.45) is 0. The average Bonchev–Trinajstić information content (AvgIpc) is 2.94. The van der Waals surface area contributed by atoms with E-state index in [9.17, 15) is 0 Å². The van der Waals surface area contributed by atoms with Gasteiger partial charge < -0.3 is 23.7 Å². The summed E-state index contributed by atoms with van der Waals surface area (Å²) in [6.45, 7) is 0. The summed E-state index contributed by atoms with van der Waals surface area (Å²) in [5.74, 6) is 3.63. The minimum atomic E-state index is 0.691. The standard InChI is InChI=1S/C30H28NO5/c1-32-20-17-15-19(16-18-20)31-21-9-6-11-23(33-2)27(21)30(28-22(31)10-7-12-24(28)34-3)29-25(35-4)13-8-14-26(29)36-5/h6-18H,1-5H3/q+1. The molecule has 0 aliphatic heterocycles. The van der Waals surface area contributed by atoms with Crippen molar-refractivity contribution in [3.8, 4) is 45.6 Å². The first kappa shape index (κ1) is 23.3. The van der Waals surface area contributed by atoms with E-state index in [4.69, 9.17) is 23.7 Å². The number of nitrogens with zero attached hydrogens (tertiary/aromatic N) is 1. The Morgan fingerprint density at radius 3 is 1.33 bits per heavy atom. The van der Waals surface area contributed by atoms with Crippen molar-refractivity contribution < 1.29 is 28.3 Å². The summed E-state index contributed by atoms with van der Waals surface area (Å²) in [5.41, 5.74) is 4.64. The molecule has 0 N–H and O–H groups in total. The molecule has 0 unspecified atom stereocenters. The molecule has 0 spiro atoms. The number of hydrogen-bond donors (Lipinski definition) is 0. The van der Waals surface area contributed by atoms with Gasteiger partial charge in [-0.15, -0.1) is 0 Å². The van der Waals surface area contributed by atoms with Gasteiger partial charge in [-0.05, 0) is 36.4 Å². The molecule has 0 saturated carbocycles. The van der Waals surface area contributed by atoms with Crippen molar-refractivity contribution in [2.75, 3.05) is 35.5 Å². The van der Waals surface area contributed by atoms with Gasteiger partial charge in [0.15, 0.2) is 0 Å². The Kier molecular flexibility index (Phi) is 6.25. The van der Waals surface area contributed by atoms with E-state index in [0.717, 1.165) is 55.9 Å². The van der Waals surface area contributed by atoms with Crippen molar-refractivity contribution in [3.63, 3.8) is 0 Å². The van der Waals surface area contributed by atoms with Gasteiger partial charge in [0.25, 0.3) is 0 Å². The van der Waals surface area contributed by atoms with Crippen LogP contribution < -0.4 is 28.3 Å². The van der Waals surface area contributed by atoms with Crippen molar-refractivity contribution in [1.29, 1.82) is 0 Å². The van der Waals surface area contributed by atoms with E-state index in [1.807, 2.05) is 66.7 Å². The number of hydrogen-bond acceptors (Lipinski definition) is 5. The molecule has 0 atom stereocenters. The van der Waals surface area contributed by atoms with Crippen molar-refractivity contribution in [2.45, 2.75) is 0 Å². The molecular formula is C30H28NO5+. The number of pyridine rings is 1. The fourth-order valence-electron chi connectivity index (χ4n) is 4.87. The molecule has 6 nitrogen and oxygen atoms in total. The summed E-state index contributed by atoms with van der Waals surface area (Å²) < 4.78 is 31.2. The molecule has 1 aromatic heterocycles. The minimum absolute atomic E-state index is 0.691. The molecule has 0 aliphatic rings. The fraction of sp³-hybridized carbons (Fsp3) is 0.167. The van der Waals surface area contributed by atoms with Crippen LogP contribution in [0.5, 0.6) is 28.7 Å². The maximum absolute atomic E-state index is 5.93. The molecule has 0 fully saturated rings. The van der Waals surface area contributed by atoms with Crippen LogP contribution in [0.1, 0.15) is 0 Å². The van der Waals surface area contributed by atoms with E-state index in [0.29, 0.717) is 11.5 Å². The monoisotopic (exact) mass is 482 g/mol. The first-order chi connectivity index (χ1) is 17.7. The van der Waals surface area contributed by atoms with Crippen molar-refractivity contribution >= 4 is 21.8 Å². The third kappa shape index (κ3) is 3.62. The van der Waals surface area contributed by atoms with Crippen LogP contribution in [0.4, 0.5) is 0 Å². The highest BCUT2D eigenvalue weighted by molar-refractivity contribution is 6.14. The van der Waals surface area contributed by atoms with Crippen molar-refractivity contribution in [3.05, 3.63) is 78.9 Å². The Balaban J connectivity index is 2.08. The normalized spacial score (nSPS) is 10.9. The number of fused-ring (bicyclic) bond motifs is 2. The largest absolute Gasteiger partial charge is 0.497 e. The molecular weight excluding hydrogens is 454 g/mol. The van der Waals surface area contributed by atoms with Gasteiger partial charge in [-0.25, -0.2) is 0 Å². The maximum atomic E-state index is 5.93. The topological polar surface area (TPSA) is 50.0 Å². The van der Waals surface area contributed by atoms with Crippen LogP contribution in [-0.4, -0.2) is 35.5 Å². The molecule has 0 amide bonds. The van der Waals surface area contributed by atoms with E-state index >= 15 is 0 Å². The number of benzene rings is 4. The van der Waals surface area contributed by atoms with Gasteiger partial charge in [-0.3, -0.25) is 0 Å². The molecule has 36 heavy (non-hydrogen) atoms. The number of rotatable bonds is 7. The first-order valence-corrected chi connectivity index (χ1v) is 11.5. The van der Waals surface area contributed by atoms with Crippen LogP contribution >= 0.6 is 0 Å². The van der Waals surface area contributed by atoms with Crippen LogP contribution in [-0.2, 0) is 0 Å². The van der Waals surface area contributed by atoms with Gasteiger partial charge in [-0.2, -0.15) is 4.57 Å². The van der Waals surface area contributed by atoms with Crippen LogP contribution in [0.3, 0.4) is 0 Å². The van der Waals surface area contributed by atoms with E-state index in [-0.39, 0.29) is 0 Å². The van der Waals surface area contributed by atoms with Gasteiger partial charge in [0, 0.05) is 29.8 Å². The lowest BCUT2D eigenvalue weighted by molar-refractivity contribution is -0.537. The Morgan fingerprint density at radius 2 is 0.889 bits per heavy atom. The molecule has 6 heteroatoms. The van der Waals surface area contributed by atoms with E-state index in [1.54, 1.807) is 35.5 Å². The first-order valence-electron chi connectivity index (χ1n) is 11.5. The second kappa shape index (κ2) is 9.66. The van der Waals surface area contributed by atoms with Gasteiger partial charge >= 0.3 is 0 Å². The van der Waals surface area contributed by atoms with Crippen LogP contribution in [0.15, 0.2) is 78.9 Å². The van der Waals surface area contributed by atoms with Gasteiger partial charge in [-0.1, -0.05) is 18.2 Å². The lowest BCUT2D eigenvalue weighted by Crippen LogP contribution is -2.33. The molecule has 5 aromatic rings. The molecule has 0 bridgehead atoms. The molecule has 182 valence electrons. The summed E-state index contributed by atoms with van der Waals surface area (Å²) in [6, 6.07) is 25.9. The summed E-state index contributed by atoms with van der Waals surface area (Å²) in [7, 11) is 8.36. The molecule has 0 aliphatic carbocycles. The highest BCUT2D eigenvalue weighted by Crippen LogP contribution is 2.49. The predicted octanol–water partition coefficient (Wildman–Crippen LogP) is 5.98. The maximum Gasteiger partial charge on any atom is 0.223 e. The van der Waals surface area contributed by atoms with Gasteiger partial charge in [0.1, 0.15) is 28.7 Å². The summed E-state index contributed by atoms with van der Waals surface area (Å²) >= 11 is 0. The lowest BCUT2D eigenvalue weighted by atomic mass is 9.92. The van der Waals surface area contributed by atoms with Gasteiger partial charge in [0.05, 0.1) is 51.9 Å². The highest BCUT2D eigenvalue weighted by Gasteiger charge is 2.30. The van der Waals surface area contributed by atoms with E-state index in [1.165, 1.54) is 0 Å². The second-order valence-electron chi connectivity index (χ2n) is 8.15. The molecule has 4 aromatic carbocycles. The molecule has 1 heterocycles. The lowest BCUT2D eigenvalue weighted by Gasteiger charge is -2.19. The van der Waals surface area contributed by atoms with Gasteiger partial charge in [0.2, 0.25) is 16.7 Å². The third-order valence-electron chi connectivity index (χ3n) is 6.44. The molecule has 0 saturated heterocycles. The predicted molar refractivity (Wildman–Crippen MR) is 141 cm³/mol. The Hall–Kier alpha value is -4.45. The van der Waals surface area contributed by atoms with E-state index < -0.39 is 0 Å². The van der Waals surface area contributed by atoms with Crippen LogP contribution in [0, 0.1) is 0 Å². The summed E-state index contributed by atoms with van der Waals surface area (Å²) in [4.78, 5) is 0. The smallest absolute Gasteiger partial charge is 0.223 e. The summed E-state index contributed by atoms with van der Waals surface area (Å²) in [5, 5.41) is 1.83. The Labute approximate surface area is 210 Å². The van der Waals surface area contributed by atoms with E-state index in [2.05, 4.69) is 16.7 Å². The van der Waals surface area contributed by atoms with Crippen LogP contribution in [0.2, 0.25) is 0 Å². The number of methoxy groups -OCH3 is 5. The van der Waals surface area contributed by atoms with Crippen LogP contribution in [0.25, 0.3) is 38.6 Å². The number of ether oxygens (including phenoxy) is 5. The quantitative estimate of drug-likeness (QED) is 0.211. The Morgan fingerprint density at radius 1 is 0.444 bits per heavy atom. The minimum Gasteiger partial charge on any atom is -0.497 e. The zero-order valence-electron chi connectivity index (χ0n) is 21.0. The molecule has 5 rings (SSSR count). The second-order valence-corrected chi connectivity index (χ2v) is 8.15. The number of aromatic nitrogens is 1. The molecule has 0 radical (unpaired) electrons. The highest BCUT2D eigenvalue weighted by atomic mass is 16.5. The van der Waals surface area contributed by atoms with Crippen molar-refractivity contribution in [2.24, 2.45) is 0 Å². The van der Waals surface area contributed by atoms with Crippen molar-refractivity contribution in [1.82, 2.24) is 0 Å². The Bertz CT molecular complexity index is 1470. The SMILES string of the molecule is COc1ccc(-[n+]2c3cccc(OC)c3c(-c3c(OC)cccc3OC)c3c(OC)cccc32)cc1.